The molecule has 2 aromatic rings. The van der Waals surface area contributed by atoms with Crippen LogP contribution in [-0.2, 0) is 0 Å². The standard InChI is InChI=1S/C13H18N4O2S/c1-5-14-7(2)10-6-20-13(16-10)17-12(18)11-8(3)15-9(4)19-11/h6-7,14H,5H2,1-4H3,(H,16,17,18). The van der Waals surface area contributed by atoms with Crippen molar-refractivity contribution in [1.82, 2.24) is 15.3 Å². The zero-order valence-corrected chi connectivity index (χ0v) is 12.8. The second-order valence-corrected chi connectivity index (χ2v) is 5.32. The molecule has 2 aromatic heterocycles. The Labute approximate surface area is 121 Å². The van der Waals surface area contributed by atoms with Gasteiger partial charge in [-0.1, -0.05) is 6.92 Å². The average Bonchev–Trinajstić information content (AvgIpc) is 2.96. The number of amides is 1. The predicted molar refractivity (Wildman–Crippen MR) is 78.1 cm³/mol. The minimum Gasteiger partial charge on any atom is -0.436 e. The molecule has 20 heavy (non-hydrogen) atoms. The molecule has 2 heterocycles. The van der Waals surface area contributed by atoms with E-state index in [-0.39, 0.29) is 17.7 Å². The zero-order chi connectivity index (χ0) is 14.7. The number of nitrogens with one attached hydrogen (secondary N) is 2. The fraction of sp³-hybridized carbons (Fsp3) is 0.462. The Morgan fingerprint density at radius 2 is 2.20 bits per heavy atom. The third kappa shape index (κ3) is 3.23. The van der Waals surface area contributed by atoms with Gasteiger partial charge in [-0.2, -0.15) is 0 Å². The van der Waals surface area contributed by atoms with Crippen molar-refractivity contribution < 1.29 is 9.21 Å². The van der Waals surface area contributed by atoms with Crippen LogP contribution >= 0.6 is 11.3 Å². The predicted octanol–water partition coefficient (Wildman–Crippen LogP) is 2.67. The van der Waals surface area contributed by atoms with Crippen molar-refractivity contribution in [3.8, 4) is 0 Å². The monoisotopic (exact) mass is 294 g/mol. The van der Waals surface area contributed by atoms with Crippen LogP contribution in [0.5, 0.6) is 0 Å². The Balaban J connectivity index is 2.07. The number of carbonyl (C=O) groups excluding carboxylic acids is 1. The van der Waals surface area contributed by atoms with E-state index in [2.05, 4.69) is 20.6 Å². The average molecular weight is 294 g/mol. The third-order valence-corrected chi connectivity index (χ3v) is 3.58. The first-order valence-electron chi connectivity index (χ1n) is 6.45. The summed E-state index contributed by atoms with van der Waals surface area (Å²) in [6, 6.07) is 0.163. The Bertz CT molecular complexity index is 605. The van der Waals surface area contributed by atoms with E-state index in [9.17, 15) is 4.79 Å². The van der Waals surface area contributed by atoms with Gasteiger partial charge in [-0.3, -0.25) is 10.1 Å². The fourth-order valence-electron chi connectivity index (χ4n) is 1.85. The van der Waals surface area contributed by atoms with Crippen molar-refractivity contribution in [3.63, 3.8) is 0 Å². The maximum atomic E-state index is 12.1. The molecule has 0 radical (unpaired) electrons. The van der Waals surface area contributed by atoms with Crippen LogP contribution in [0.15, 0.2) is 9.80 Å². The molecule has 108 valence electrons. The van der Waals surface area contributed by atoms with Gasteiger partial charge < -0.3 is 9.73 Å². The van der Waals surface area contributed by atoms with Crippen LogP contribution in [0.3, 0.4) is 0 Å². The largest absolute Gasteiger partial charge is 0.436 e. The van der Waals surface area contributed by atoms with Crippen molar-refractivity contribution in [1.29, 1.82) is 0 Å². The van der Waals surface area contributed by atoms with Gasteiger partial charge in [0.15, 0.2) is 11.0 Å². The van der Waals surface area contributed by atoms with Crippen molar-refractivity contribution in [2.45, 2.75) is 33.7 Å². The number of hydrogen-bond acceptors (Lipinski definition) is 6. The number of rotatable bonds is 5. The lowest BCUT2D eigenvalue weighted by atomic mass is 10.3. The molecule has 6 nitrogen and oxygen atoms in total. The highest BCUT2D eigenvalue weighted by atomic mass is 32.1. The number of aryl methyl sites for hydroxylation is 2. The van der Waals surface area contributed by atoms with Gasteiger partial charge in [0, 0.05) is 18.3 Å². The van der Waals surface area contributed by atoms with Gasteiger partial charge >= 0.3 is 0 Å². The second kappa shape index (κ2) is 6.15. The molecule has 0 spiro atoms. The summed E-state index contributed by atoms with van der Waals surface area (Å²) >= 11 is 1.39. The number of anilines is 1. The minimum absolute atomic E-state index is 0.163. The summed E-state index contributed by atoms with van der Waals surface area (Å²) in [6.45, 7) is 8.40. The van der Waals surface area contributed by atoms with Gasteiger partial charge in [-0.25, -0.2) is 9.97 Å². The van der Waals surface area contributed by atoms with E-state index in [1.165, 1.54) is 11.3 Å². The smallest absolute Gasteiger partial charge is 0.295 e. The number of aromatic nitrogens is 2. The zero-order valence-electron chi connectivity index (χ0n) is 12.0. The second-order valence-electron chi connectivity index (χ2n) is 4.46. The van der Waals surface area contributed by atoms with Crippen LogP contribution < -0.4 is 10.6 Å². The molecule has 1 unspecified atom stereocenters. The Kier molecular flexibility index (Phi) is 4.51. The third-order valence-electron chi connectivity index (χ3n) is 2.81. The van der Waals surface area contributed by atoms with Gasteiger partial charge in [-0.15, -0.1) is 11.3 Å². The summed E-state index contributed by atoms with van der Waals surface area (Å²) in [4.78, 5) is 20.5. The van der Waals surface area contributed by atoms with Crippen molar-refractivity contribution >= 4 is 22.4 Å². The molecule has 2 rings (SSSR count). The van der Waals surface area contributed by atoms with E-state index in [1.54, 1.807) is 13.8 Å². The summed E-state index contributed by atoms with van der Waals surface area (Å²) in [5.41, 5.74) is 1.50. The molecular formula is C13H18N4O2S. The Morgan fingerprint density at radius 1 is 1.45 bits per heavy atom. The van der Waals surface area contributed by atoms with Crippen molar-refractivity contribution in [3.05, 3.63) is 28.4 Å². The molecule has 7 heteroatoms. The normalized spacial score (nSPS) is 12.4. The molecule has 0 bridgehead atoms. The molecule has 0 fully saturated rings. The number of nitrogens with zero attached hydrogens (tertiary/aromatic N) is 2. The molecule has 0 aromatic carbocycles. The van der Waals surface area contributed by atoms with Gasteiger partial charge in [0.25, 0.3) is 5.91 Å². The highest BCUT2D eigenvalue weighted by molar-refractivity contribution is 7.14. The summed E-state index contributed by atoms with van der Waals surface area (Å²) in [6.07, 6.45) is 0. The molecule has 2 N–H and O–H groups in total. The topological polar surface area (TPSA) is 80.0 Å². The Hall–Kier alpha value is -1.73. The first-order chi connectivity index (χ1) is 9.51. The number of oxazole rings is 1. The molecule has 0 saturated heterocycles. The number of thiazole rings is 1. The van der Waals surface area contributed by atoms with E-state index in [4.69, 9.17) is 4.42 Å². The molecule has 0 aliphatic heterocycles. The highest BCUT2D eigenvalue weighted by Crippen LogP contribution is 2.21. The van der Waals surface area contributed by atoms with Gasteiger partial charge in [-0.05, 0) is 20.4 Å². The molecular weight excluding hydrogens is 276 g/mol. The minimum atomic E-state index is -0.319. The van der Waals surface area contributed by atoms with E-state index in [0.29, 0.717) is 16.7 Å². The summed E-state index contributed by atoms with van der Waals surface area (Å²) in [5.74, 6) is 0.396. The lowest BCUT2D eigenvalue weighted by Gasteiger charge is -2.08. The Morgan fingerprint density at radius 3 is 2.80 bits per heavy atom. The highest BCUT2D eigenvalue weighted by Gasteiger charge is 2.18. The van der Waals surface area contributed by atoms with Crippen LogP contribution in [0.4, 0.5) is 5.13 Å². The van der Waals surface area contributed by atoms with Crippen molar-refractivity contribution in [2.75, 3.05) is 11.9 Å². The molecule has 1 atom stereocenters. The molecule has 0 aliphatic rings. The van der Waals surface area contributed by atoms with Crippen LogP contribution in [0, 0.1) is 13.8 Å². The molecule has 1 amide bonds. The van der Waals surface area contributed by atoms with E-state index >= 15 is 0 Å². The van der Waals surface area contributed by atoms with Crippen LogP contribution in [0.2, 0.25) is 0 Å². The first kappa shape index (κ1) is 14.7. The van der Waals surface area contributed by atoms with Crippen LogP contribution in [0.1, 0.15) is 47.7 Å². The molecule has 0 aliphatic carbocycles. The maximum absolute atomic E-state index is 12.1. The van der Waals surface area contributed by atoms with Gasteiger partial charge in [0.1, 0.15) is 0 Å². The van der Waals surface area contributed by atoms with Crippen molar-refractivity contribution in [2.24, 2.45) is 0 Å². The van der Waals surface area contributed by atoms with Gasteiger partial charge in [0.05, 0.1) is 11.4 Å². The fourth-order valence-corrected chi connectivity index (χ4v) is 2.65. The van der Waals surface area contributed by atoms with E-state index in [1.807, 2.05) is 19.2 Å². The lowest BCUT2D eigenvalue weighted by molar-refractivity contribution is 0.0994. The van der Waals surface area contributed by atoms with Crippen LogP contribution in [0.25, 0.3) is 0 Å². The molecule has 0 saturated carbocycles. The summed E-state index contributed by atoms with van der Waals surface area (Å²) < 4.78 is 5.28. The van der Waals surface area contributed by atoms with Crippen LogP contribution in [-0.4, -0.2) is 22.4 Å². The summed E-state index contributed by atoms with van der Waals surface area (Å²) in [7, 11) is 0. The maximum Gasteiger partial charge on any atom is 0.295 e. The quantitative estimate of drug-likeness (QED) is 0.886. The van der Waals surface area contributed by atoms with Gasteiger partial charge in [0.2, 0.25) is 5.76 Å². The number of carbonyl (C=O) groups is 1. The lowest BCUT2D eigenvalue weighted by Crippen LogP contribution is -2.18. The SMILES string of the molecule is CCNC(C)c1csc(NC(=O)c2oc(C)nc2C)n1. The summed E-state index contributed by atoms with van der Waals surface area (Å²) in [5, 5.41) is 8.50. The van der Waals surface area contributed by atoms with E-state index < -0.39 is 0 Å². The first-order valence-corrected chi connectivity index (χ1v) is 7.33. The number of hydrogen-bond donors (Lipinski definition) is 2. The van der Waals surface area contributed by atoms with E-state index in [0.717, 1.165) is 12.2 Å².